The smallest absolute Gasteiger partial charge is 0.333 e. The van der Waals surface area contributed by atoms with Crippen LogP contribution < -0.4 is 0 Å². The second kappa shape index (κ2) is 10.4. The van der Waals surface area contributed by atoms with Crippen LogP contribution in [0.25, 0.3) is 0 Å². The number of carbonyl (C=O) groups excluding carboxylic acids is 2. The Hall–Kier alpha value is -1.58. The van der Waals surface area contributed by atoms with E-state index in [4.69, 9.17) is 9.47 Å². The van der Waals surface area contributed by atoms with Crippen LogP contribution in [0.3, 0.4) is 0 Å². The van der Waals surface area contributed by atoms with Gasteiger partial charge in [-0.1, -0.05) is 58.1 Å². The number of ether oxygens (including phenoxy) is 2. The van der Waals surface area contributed by atoms with E-state index in [0.717, 1.165) is 83.5 Å². The largest absolute Gasteiger partial charge is 0.451 e. The predicted molar refractivity (Wildman–Crippen MR) is 124 cm³/mol. The summed E-state index contributed by atoms with van der Waals surface area (Å²) in [6, 6.07) is 0. The Morgan fingerprint density at radius 2 is 1.13 bits per heavy atom. The summed E-state index contributed by atoms with van der Waals surface area (Å²) >= 11 is 0. The van der Waals surface area contributed by atoms with Crippen molar-refractivity contribution >= 4 is 11.9 Å². The van der Waals surface area contributed by atoms with Gasteiger partial charge in [0.05, 0.1) is 0 Å². The zero-order chi connectivity index (χ0) is 22.5. The molecular formula is C27H42O4. The lowest BCUT2D eigenvalue weighted by Gasteiger charge is -2.58. The number of esters is 2. The molecule has 174 valence electrons. The zero-order valence-corrected chi connectivity index (χ0v) is 19.8. The number of hydrogen-bond acceptors (Lipinski definition) is 4. The van der Waals surface area contributed by atoms with Crippen LogP contribution in [0.5, 0.6) is 0 Å². The molecule has 3 rings (SSSR count). The first kappa shape index (κ1) is 24.1. The van der Waals surface area contributed by atoms with Crippen LogP contribution in [0.2, 0.25) is 0 Å². The molecule has 3 aliphatic carbocycles. The summed E-state index contributed by atoms with van der Waals surface area (Å²) in [5.41, 5.74) is -0.697. The summed E-state index contributed by atoms with van der Waals surface area (Å²) in [6.45, 7) is 11.2. The van der Waals surface area contributed by atoms with Crippen molar-refractivity contribution < 1.29 is 19.1 Å². The zero-order valence-electron chi connectivity index (χ0n) is 19.8. The van der Waals surface area contributed by atoms with Gasteiger partial charge in [-0.2, -0.15) is 0 Å². The molecule has 0 radical (unpaired) electrons. The summed E-state index contributed by atoms with van der Waals surface area (Å²) < 4.78 is 13.1. The third-order valence-electron chi connectivity index (χ3n) is 8.04. The molecule has 0 amide bonds. The van der Waals surface area contributed by atoms with Crippen LogP contribution in [0.15, 0.2) is 24.3 Å². The minimum Gasteiger partial charge on any atom is -0.451 e. The van der Waals surface area contributed by atoms with Crippen molar-refractivity contribution in [2.45, 2.75) is 121 Å². The van der Waals surface area contributed by atoms with Gasteiger partial charge in [0.2, 0.25) is 0 Å². The third-order valence-corrected chi connectivity index (χ3v) is 8.04. The van der Waals surface area contributed by atoms with E-state index < -0.39 is 11.2 Å². The SMILES string of the molecule is C=C(C)C(=O)OC1(C(OC(=O)C(=C)C)(C2CCCCC2)C2CCCCC2)CCCCC1. The van der Waals surface area contributed by atoms with Crippen LogP contribution >= 0.6 is 0 Å². The maximum atomic E-state index is 13.2. The lowest BCUT2D eigenvalue weighted by molar-refractivity contribution is -0.257. The number of hydrogen-bond donors (Lipinski definition) is 0. The highest BCUT2D eigenvalue weighted by Crippen LogP contribution is 2.56. The third kappa shape index (κ3) is 4.93. The minimum atomic E-state index is -0.768. The minimum absolute atomic E-state index is 0.226. The molecule has 0 aromatic carbocycles. The van der Waals surface area contributed by atoms with Crippen LogP contribution in [0.1, 0.15) is 110 Å². The van der Waals surface area contributed by atoms with Gasteiger partial charge in [-0.05, 0) is 65.2 Å². The first-order chi connectivity index (χ1) is 14.8. The van der Waals surface area contributed by atoms with E-state index in [1.807, 2.05) is 0 Å². The summed E-state index contributed by atoms with van der Waals surface area (Å²) in [5.74, 6) is -0.218. The molecule has 0 aromatic heterocycles. The topological polar surface area (TPSA) is 52.6 Å². The molecule has 0 heterocycles. The quantitative estimate of drug-likeness (QED) is 0.328. The summed E-state index contributed by atoms with van der Waals surface area (Å²) in [4.78, 5) is 26.1. The first-order valence-electron chi connectivity index (χ1n) is 12.6. The van der Waals surface area contributed by atoms with Crippen LogP contribution in [-0.2, 0) is 19.1 Å². The van der Waals surface area contributed by atoms with Crippen LogP contribution in [-0.4, -0.2) is 23.1 Å². The molecule has 3 aliphatic rings. The number of rotatable bonds is 7. The van der Waals surface area contributed by atoms with Gasteiger partial charge in [0.25, 0.3) is 0 Å². The fourth-order valence-electron chi connectivity index (χ4n) is 6.60. The Morgan fingerprint density at radius 1 is 0.710 bits per heavy atom. The molecule has 0 spiro atoms. The standard InChI is InChI=1S/C27H42O4/c1-20(2)24(28)30-26(18-12-7-13-19-26)27(31-25(29)21(3)4,22-14-8-5-9-15-22)23-16-10-6-11-17-23/h22-23H,1,3,5-19H2,2,4H3. The van der Waals surface area contributed by atoms with E-state index in [1.54, 1.807) is 13.8 Å². The highest BCUT2D eigenvalue weighted by molar-refractivity contribution is 5.88. The Kier molecular flexibility index (Phi) is 8.04. The fraction of sp³-hybridized carbons (Fsp3) is 0.778. The van der Waals surface area contributed by atoms with Crippen molar-refractivity contribution in [1.29, 1.82) is 0 Å². The van der Waals surface area contributed by atoms with Gasteiger partial charge in [0, 0.05) is 23.0 Å². The monoisotopic (exact) mass is 430 g/mol. The van der Waals surface area contributed by atoms with Crippen LogP contribution in [0.4, 0.5) is 0 Å². The molecule has 0 bridgehead atoms. The van der Waals surface area contributed by atoms with Crippen LogP contribution in [0, 0.1) is 11.8 Å². The van der Waals surface area contributed by atoms with E-state index in [1.165, 1.54) is 12.8 Å². The van der Waals surface area contributed by atoms with E-state index in [0.29, 0.717) is 11.1 Å². The Labute approximate surface area is 188 Å². The lowest BCUT2D eigenvalue weighted by Crippen LogP contribution is -2.67. The molecule has 4 nitrogen and oxygen atoms in total. The maximum absolute atomic E-state index is 13.2. The van der Waals surface area contributed by atoms with Gasteiger partial charge >= 0.3 is 11.9 Å². The Bertz CT molecular complexity index is 655. The normalized spacial score (nSPS) is 23.0. The average Bonchev–Trinajstić information content (AvgIpc) is 2.78. The molecule has 0 unspecified atom stereocenters. The van der Waals surface area contributed by atoms with E-state index in [-0.39, 0.29) is 23.8 Å². The van der Waals surface area contributed by atoms with Gasteiger partial charge in [0.15, 0.2) is 11.2 Å². The summed E-state index contributed by atoms with van der Waals surface area (Å²) in [5, 5.41) is 0. The molecule has 0 saturated heterocycles. The highest BCUT2D eigenvalue weighted by atomic mass is 16.6. The Morgan fingerprint density at radius 3 is 1.55 bits per heavy atom. The second-order valence-electron chi connectivity index (χ2n) is 10.4. The molecule has 31 heavy (non-hydrogen) atoms. The molecule has 0 aromatic rings. The van der Waals surface area contributed by atoms with Crippen molar-refractivity contribution in [3.8, 4) is 0 Å². The lowest BCUT2D eigenvalue weighted by atomic mass is 9.56. The van der Waals surface area contributed by atoms with E-state index in [9.17, 15) is 9.59 Å². The van der Waals surface area contributed by atoms with Crippen molar-refractivity contribution in [3.63, 3.8) is 0 Å². The molecule has 4 heteroatoms. The van der Waals surface area contributed by atoms with Gasteiger partial charge in [-0.25, -0.2) is 9.59 Å². The molecule has 0 atom stereocenters. The van der Waals surface area contributed by atoms with Crippen molar-refractivity contribution in [2.24, 2.45) is 11.8 Å². The fourth-order valence-corrected chi connectivity index (χ4v) is 6.60. The predicted octanol–water partition coefficient (Wildman–Crippen LogP) is 6.83. The van der Waals surface area contributed by atoms with E-state index >= 15 is 0 Å². The van der Waals surface area contributed by atoms with Gasteiger partial charge in [-0.15, -0.1) is 0 Å². The Balaban J connectivity index is 2.17. The average molecular weight is 431 g/mol. The van der Waals surface area contributed by atoms with E-state index in [2.05, 4.69) is 13.2 Å². The van der Waals surface area contributed by atoms with Crippen molar-refractivity contribution in [2.75, 3.05) is 0 Å². The van der Waals surface area contributed by atoms with Crippen molar-refractivity contribution in [3.05, 3.63) is 24.3 Å². The van der Waals surface area contributed by atoms with Gasteiger partial charge < -0.3 is 9.47 Å². The van der Waals surface area contributed by atoms with Crippen molar-refractivity contribution in [1.82, 2.24) is 0 Å². The molecular weight excluding hydrogens is 388 g/mol. The first-order valence-corrected chi connectivity index (χ1v) is 12.6. The van der Waals surface area contributed by atoms with Gasteiger partial charge in [0.1, 0.15) is 0 Å². The summed E-state index contributed by atoms with van der Waals surface area (Å²) in [7, 11) is 0. The molecule has 3 fully saturated rings. The molecule has 0 N–H and O–H groups in total. The van der Waals surface area contributed by atoms with Gasteiger partial charge in [-0.3, -0.25) is 0 Å². The second-order valence-corrected chi connectivity index (χ2v) is 10.4. The number of carbonyl (C=O) groups is 2. The maximum Gasteiger partial charge on any atom is 0.333 e. The molecule has 3 saturated carbocycles. The molecule has 0 aliphatic heterocycles. The highest BCUT2D eigenvalue weighted by Gasteiger charge is 2.64. The summed E-state index contributed by atoms with van der Waals surface area (Å²) in [6.07, 6.45) is 15.8.